The number of methoxy groups -OCH3 is 1. The molecule has 0 bridgehead atoms. The maximum absolute atomic E-state index is 14.1. The van der Waals surface area contributed by atoms with E-state index < -0.39 is 28.5 Å². The molecule has 1 fully saturated rings. The highest BCUT2D eigenvalue weighted by atomic mass is 35.5. The van der Waals surface area contributed by atoms with Crippen LogP contribution in [0.25, 0.3) is 0 Å². The van der Waals surface area contributed by atoms with E-state index in [9.17, 15) is 18.0 Å². The summed E-state index contributed by atoms with van der Waals surface area (Å²) in [4.78, 5) is 28.9. The minimum Gasteiger partial charge on any atom is -0.497 e. The Bertz CT molecular complexity index is 1480. The van der Waals surface area contributed by atoms with Crippen molar-refractivity contribution in [3.63, 3.8) is 0 Å². The van der Waals surface area contributed by atoms with Crippen molar-refractivity contribution in [2.45, 2.75) is 63.1 Å². The molecule has 0 heterocycles. The third kappa shape index (κ3) is 7.21. The van der Waals surface area contributed by atoms with E-state index in [1.807, 2.05) is 12.1 Å². The Morgan fingerprint density at radius 2 is 1.71 bits per heavy atom. The predicted octanol–water partition coefficient (Wildman–Crippen LogP) is 5.33. The Kier molecular flexibility index (Phi) is 9.94. The second-order valence-corrected chi connectivity index (χ2v) is 12.5. The molecule has 0 saturated heterocycles. The molecule has 0 aliphatic heterocycles. The molecule has 1 N–H and O–H groups in total. The maximum Gasteiger partial charge on any atom is 0.264 e. The first kappa shape index (κ1) is 30.4. The van der Waals surface area contributed by atoms with Crippen molar-refractivity contribution in [1.82, 2.24) is 10.2 Å². The predicted molar refractivity (Wildman–Crippen MR) is 161 cm³/mol. The molecule has 0 spiro atoms. The number of nitrogens with zero attached hydrogens (tertiary/aromatic N) is 2. The van der Waals surface area contributed by atoms with Crippen molar-refractivity contribution in [3.8, 4) is 5.75 Å². The van der Waals surface area contributed by atoms with Crippen molar-refractivity contribution < 1.29 is 22.7 Å². The summed E-state index contributed by atoms with van der Waals surface area (Å²) < 4.78 is 34.3. The molecule has 8 nitrogen and oxygen atoms in total. The second kappa shape index (κ2) is 13.4. The van der Waals surface area contributed by atoms with Crippen LogP contribution in [-0.2, 0) is 26.2 Å². The molecule has 3 aromatic rings. The average molecular weight is 598 g/mol. The second-order valence-electron chi connectivity index (χ2n) is 10.2. The van der Waals surface area contributed by atoms with E-state index in [1.165, 1.54) is 17.0 Å². The fourth-order valence-electron chi connectivity index (χ4n) is 5.04. The smallest absolute Gasteiger partial charge is 0.264 e. The van der Waals surface area contributed by atoms with Gasteiger partial charge in [-0.1, -0.05) is 60.8 Å². The summed E-state index contributed by atoms with van der Waals surface area (Å²) >= 11 is 6.38. The largest absolute Gasteiger partial charge is 0.497 e. The number of hydrogen-bond donors (Lipinski definition) is 1. The van der Waals surface area contributed by atoms with Gasteiger partial charge in [0.15, 0.2) is 0 Å². The molecule has 0 unspecified atom stereocenters. The lowest BCUT2D eigenvalue weighted by Gasteiger charge is -2.33. The number of anilines is 1. The first-order valence-corrected chi connectivity index (χ1v) is 15.5. The van der Waals surface area contributed by atoms with Crippen LogP contribution < -0.4 is 14.4 Å². The van der Waals surface area contributed by atoms with Crippen molar-refractivity contribution in [2.24, 2.45) is 0 Å². The van der Waals surface area contributed by atoms with Gasteiger partial charge in [0.1, 0.15) is 18.3 Å². The molecule has 41 heavy (non-hydrogen) atoms. The van der Waals surface area contributed by atoms with E-state index in [0.717, 1.165) is 35.6 Å². The summed E-state index contributed by atoms with van der Waals surface area (Å²) in [5, 5.41) is 3.45. The Balaban J connectivity index is 1.71. The Morgan fingerprint density at radius 3 is 2.39 bits per heavy atom. The molecule has 1 saturated carbocycles. The Morgan fingerprint density at radius 1 is 1.02 bits per heavy atom. The standard InChI is InChI=1S/C31H36ClN3O5S/c1-22-28(32)17-10-18-29(22)35(41(38,39)27-15-5-4-6-16-27)21-30(36)34(20-24-11-9-14-26(19-24)40-3)23(2)31(37)33-25-12-7-8-13-25/h4-6,9-11,14-19,23,25H,7-8,12-13,20-21H2,1-3H3,(H,33,37)/t23-/m0/s1. The van der Waals surface area contributed by atoms with E-state index in [0.29, 0.717) is 22.0 Å². The van der Waals surface area contributed by atoms with E-state index in [-0.39, 0.29) is 23.4 Å². The zero-order chi connectivity index (χ0) is 29.6. The number of halogens is 1. The summed E-state index contributed by atoms with van der Waals surface area (Å²) in [5.41, 5.74) is 1.56. The number of carbonyl (C=O) groups is 2. The van der Waals surface area contributed by atoms with Gasteiger partial charge in [-0.15, -0.1) is 0 Å². The number of carbonyl (C=O) groups excluding carboxylic acids is 2. The summed E-state index contributed by atoms with van der Waals surface area (Å²) in [6.07, 6.45) is 3.91. The quantitative estimate of drug-likeness (QED) is 0.322. The van der Waals surface area contributed by atoms with Gasteiger partial charge in [0.25, 0.3) is 10.0 Å². The molecular formula is C31H36ClN3O5S. The fraction of sp³-hybridized carbons (Fsp3) is 0.355. The summed E-state index contributed by atoms with van der Waals surface area (Å²) in [6.45, 7) is 2.94. The van der Waals surface area contributed by atoms with Crippen LogP contribution in [0, 0.1) is 6.92 Å². The zero-order valence-corrected chi connectivity index (χ0v) is 25.1. The lowest BCUT2D eigenvalue weighted by molar-refractivity contribution is -0.139. The summed E-state index contributed by atoms with van der Waals surface area (Å²) in [6, 6.07) is 19.3. The molecule has 0 aromatic heterocycles. The molecule has 218 valence electrons. The van der Waals surface area contributed by atoms with E-state index in [4.69, 9.17) is 16.3 Å². The lowest BCUT2D eigenvalue weighted by atomic mass is 10.1. The van der Waals surface area contributed by atoms with Crippen LogP contribution in [0.4, 0.5) is 5.69 Å². The van der Waals surface area contributed by atoms with Crippen LogP contribution in [0.15, 0.2) is 77.7 Å². The Hall–Kier alpha value is -3.56. The third-order valence-electron chi connectivity index (χ3n) is 7.47. The number of nitrogens with one attached hydrogen (secondary N) is 1. The normalized spacial score (nSPS) is 14.3. The number of ether oxygens (including phenoxy) is 1. The van der Waals surface area contributed by atoms with Gasteiger partial charge in [0.2, 0.25) is 11.8 Å². The molecule has 3 aromatic carbocycles. The van der Waals surface area contributed by atoms with Gasteiger partial charge >= 0.3 is 0 Å². The molecule has 10 heteroatoms. The van der Waals surface area contributed by atoms with Crippen LogP contribution in [0.5, 0.6) is 5.75 Å². The number of hydrogen-bond acceptors (Lipinski definition) is 5. The zero-order valence-electron chi connectivity index (χ0n) is 23.5. The molecular weight excluding hydrogens is 562 g/mol. The highest BCUT2D eigenvalue weighted by molar-refractivity contribution is 7.92. The highest BCUT2D eigenvalue weighted by Crippen LogP contribution is 2.31. The van der Waals surface area contributed by atoms with Gasteiger partial charge in [0, 0.05) is 17.6 Å². The maximum atomic E-state index is 14.1. The van der Waals surface area contributed by atoms with E-state index in [1.54, 1.807) is 69.5 Å². The number of benzene rings is 3. The van der Waals surface area contributed by atoms with Crippen LogP contribution in [-0.4, -0.2) is 50.9 Å². The number of rotatable bonds is 11. The minimum atomic E-state index is -4.16. The highest BCUT2D eigenvalue weighted by Gasteiger charge is 2.34. The molecule has 0 radical (unpaired) electrons. The molecule has 2 amide bonds. The van der Waals surface area contributed by atoms with Gasteiger partial charge < -0.3 is 15.0 Å². The van der Waals surface area contributed by atoms with Crippen LogP contribution in [0.3, 0.4) is 0 Å². The summed E-state index contributed by atoms with van der Waals surface area (Å²) in [7, 11) is -2.61. The summed E-state index contributed by atoms with van der Waals surface area (Å²) in [5.74, 6) is -0.189. The van der Waals surface area contributed by atoms with Crippen LogP contribution in [0.1, 0.15) is 43.7 Å². The first-order valence-electron chi connectivity index (χ1n) is 13.7. The van der Waals surface area contributed by atoms with Crippen molar-refractivity contribution in [1.29, 1.82) is 0 Å². The van der Waals surface area contributed by atoms with E-state index in [2.05, 4.69) is 5.32 Å². The van der Waals surface area contributed by atoms with Crippen molar-refractivity contribution in [2.75, 3.05) is 18.0 Å². The van der Waals surface area contributed by atoms with E-state index >= 15 is 0 Å². The van der Waals surface area contributed by atoms with Gasteiger partial charge in [-0.3, -0.25) is 13.9 Å². The average Bonchev–Trinajstić information content (AvgIpc) is 3.49. The monoisotopic (exact) mass is 597 g/mol. The molecule has 1 aliphatic rings. The van der Waals surface area contributed by atoms with Gasteiger partial charge in [0.05, 0.1) is 17.7 Å². The van der Waals surface area contributed by atoms with Gasteiger partial charge in [-0.25, -0.2) is 8.42 Å². The molecule has 1 aliphatic carbocycles. The topological polar surface area (TPSA) is 96.0 Å². The third-order valence-corrected chi connectivity index (χ3v) is 9.66. The van der Waals surface area contributed by atoms with Crippen molar-refractivity contribution >= 4 is 39.1 Å². The SMILES string of the molecule is COc1cccc(CN(C(=O)CN(c2cccc(Cl)c2C)S(=O)(=O)c2ccccc2)[C@@H](C)C(=O)NC2CCCC2)c1. The van der Waals surface area contributed by atoms with Crippen LogP contribution in [0.2, 0.25) is 5.02 Å². The first-order chi connectivity index (χ1) is 19.6. The lowest BCUT2D eigenvalue weighted by Crippen LogP contribution is -2.52. The fourth-order valence-corrected chi connectivity index (χ4v) is 6.70. The molecule has 4 rings (SSSR count). The Labute approximate surface area is 247 Å². The van der Waals surface area contributed by atoms with Gasteiger partial charge in [-0.2, -0.15) is 0 Å². The number of amides is 2. The van der Waals surface area contributed by atoms with Crippen LogP contribution >= 0.6 is 11.6 Å². The number of sulfonamides is 1. The van der Waals surface area contributed by atoms with Crippen molar-refractivity contribution in [3.05, 3.63) is 88.9 Å². The minimum absolute atomic E-state index is 0.0403. The van der Waals surface area contributed by atoms with Gasteiger partial charge in [-0.05, 0) is 74.2 Å². The molecule has 1 atom stereocenters.